The van der Waals surface area contributed by atoms with Crippen LogP contribution in [0.5, 0.6) is 11.5 Å². The van der Waals surface area contributed by atoms with Gasteiger partial charge in [-0.25, -0.2) is 9.78 Å². The molecule has 1 aliphatic rings. The number of hydrogen-bond donors (Lipinski definition) is 1. The van der Waals surface area contributed by atoms with Gasteiger partial charge in [0.1, 0.15) is 23.1 Å². The van der Waals surface area contributed by atoms with Crippen molar-refractivity contribution in [2.24, 2.45) is 0 Å². The van der Waals surface area contributed by atoms with Crippen molar-refractivity contribution < 1.29 is 24.1 Å². The van der Waals surface area contributed by atoms with Crippen molar-refractivity contribution in [2.75, 3.05) is 20.3 Å². The van der Waals surface area contributed by atoms with Crippen LogP contribution in [0, 0.1) is 0 Å². The lowest BCUT2D eigenvalue weighted by Crippen LogP contribution is -2.15. The Balaban J connectivity index is 2.00. The van der Waals surface area contributed by atoms with E-state index in [4.69, 9.17) is 14.2 Å². The molecule has 1 aliphatic heterocycles. The number of aromatic carboxylic acids is 1. The SMILES string of the molecule is COCc1nc(-c2ccc3c(c2)OCCO3)sc1C(=O)O. The molecule has 0 atom stereocenters. The van der Waals surface area contributed by atoms with Crippen molar-refractivity contribution >= 4 is 17.3 Å². The van der Waals surface area contributed by atoms with E-state index >= 15 is 0 Å². The van der Waals surface area contributed by atoms with Crippen LogP contribution in [0.1, 0.15) is 15.4 Å². The highest BCUT2D eigenvalue weighted by Crippen LogP contribution is 2.36. The third-order valence-corrected chi connectivity index (χ3v) is 4.10. The number of aromatic nitrogens is 1. The monoisotopic (exact) mass is 307 g/mol. The molecule has 21 heavy (non-hydrogen) atoms. The fourth-order valence-electron chi connectivity index (χ4n) is 2.05. The molecule has 2 aromatic rings. The maximum Gasteiger partial charge on any atom is 0.347 e. The lowest BCUT2D eigenvalue weighted by molar-refractivity contribution is 0.0697. The van der Waals surface area contributed by atoms with Gasteiger partial charge in [-0.2, -0.15) is 0 Å². The molecule has 1 aromatic heterocycles. The van der Waals surface area contributed by atoms with Gasteiger partial charge in [0.25, 0.3) is 0 Å². The molecule has 0 amide bonds. The van der Waals surface area contributed by atoms with E-state index in [1.165, 1.54) is 7.11 Å². The summed E-state index contributed by atoms with van der Waals surface area (Å²) in [4.78, 5) is 15.8. The van der Waals surface area contributed by atoms with Crippen LogP contribution in [-0.4, -0.2) is 36.4 Å². The van der Waals surface area contributed by atoms with Gasteiger partial charge in [-0.3, -0.25) is 0 Å². The van der Waals surface area contributed by atoms with Crippen molar-refractivity contribution in [1.29, 1.82) is 0 Å². The van der Waals surface area contributed by atoms with Gasteiger partial charge in [-0.05, 0) is 18.2 Å². The highest BCUT2D eigenvalue weighted by atomic mass is 32.1. The normalized spacial score (nSPS) is 13.2. The molecule has 0 unspecified atom stereocenters. The first-order valence-electron chi connectivity index (χ1n) is 6.31. The maximum atomic E-state index is 11.2. The summed E-state index contributed by atoms with van der Waals surface area (Å²) in [6.45, 7) is 1.21. The molecular weight excluding hydrogens is 294 g/mol. The minimum absolute atomic E-state index is 0.169. The van der Waals surface area contributed by atoms with E-state index in [9.17, 15) is 9.90 Å². The van der Waals surface area contributed by atoms with Crippen LogP contribution < -0.4 is 9.47 Å². The number of rotatable bonds is 4. The minimum Gasteiger partial charge on any atom is -0.486 e. The number of carboxylic acid groups (broad SMARTS) is 1. The molecule has 0 saturated carbocycles. The molecule has 110 valence electrons. The third-order valence-electron chi connectivity index (χ3n) is 2.96. The van der Waals surface area contributed by atoms with Crippen LogP contribution in [0.3, 0.4) is 0 Å². The highest BCUT2D eigenvalue weighted by molar-refractivity contribution is 7.17. The van der Waals surface area contributed by atoms with E-state index in [2.05, 4.69) is 4.98 Å². The number of carbonyl (C=O) groups is 1. The first kappa shape index (κ1) is 13.8. The number of thiazole rings is 1. The van der Waals surface area contributed by atoms with Gasteiger partial charge in [0.05, 0.1) is 12.3 Å². The fraction of sp³-hybridized carbons (Fsp3) is 0.286. The first-order valence-corrected chi connectivity index (χ1v) is 7.12. The molecule has 0 spiro atoms. The molecule has 3 rings (SSSR count). The van der Waals surface area contributed by atoms with Crippen molar-refractivity contribution in [3.63, 3.8) is 0 Å². The molecule has 0 bridgehead atoms. The lowest BCUT2D eigenvalue weighted by atomic mass is 10.2. The van der Waals surface area contributed by atoms with Crippen molar-refractivity contribution in [3.05, 3.63) is 28.8 Å². The zero-order valence-electron chi connectivity index (χ0n) is 11.3. The number of hydrogen-bond acceptors (Lipinski definition) is 6. The summed E-state index contributed by atoms with van der Waals surface area (Å²) in [7, 11) is 1.51. The average Bonchev–Trinajstić information content (AvgIpc) is 2.91. The standard InChI is InChI=1S/C14H13NO5S/c1-18-7-9-12(14(16)17)21-13(15-9)8-2-3-10-11(6-8)20-5-4-19-10/h2-3,6H,4-5,7H2,1H3,(H,16,17). The molecular formula is C14H13NO5S. The Hall–Kier alpha value is -2.12. The zero-order valence-corrected chi connectivity index (χ0v) is 12.1. The molecule has 1 aromatic carbocycles. The number of ether oxygens (including phenoxy) is 3. The Kier molecular flexibility index (Phi) is 3.76. The van der Waals surface area contributed by atoms with Gasteiger partial charge in [-0.15, -0.1) is 11.3 Å². The maximum absolute atomic E-state index is 11.2. The molecule has 0 saturated heterocycles. The molecule has 0 aliphatic carbocycles. The van der Waals surface area contributed by atoms with Crippen LogP contribution in [0.15, 0.2) is 18.2 Å². The van der Waals surface area contributed by atoms with Crippen LogP contribution in [0.25, 0.3) is 10.6 Å². The Morgan fingerprint density at radius 1 is 1.38 bits per heavy atom. The zero-order chi connectivity index (χ0) is 14.8. The molecule has 1 N–H and O–H groups in total. The second kappa shape index (κ2) is 5.71. The number of nitrogens with zero attached hydrogens (tertiary/aromatic N) is 1. The van der Waals surface area contributed by atoms with Crippen molar-refractivity contribution in [1.82, 2.24) is 4.98 Å². The second-order valence-corrected chi connectivity index (χ2v) is 5.39. The third kappa shape index (κ3) is 2.70. The highest BCUT2D eigenvalue weighted by Gasteiger charge is 2.19. The summed E-state index contributed by atoms with van der Waals surface area (Å²) < 4.78 is 16.0. The number of methoxy groups -OCH3 is 1. The van der Waals surface area contributed by atoms with E-state index in [1.807, 2.05) is 18.2 Å². The summed E-state index contributed by atoms with van der Waals surface area (Å²) >= 11 is 1.12. The number of benzene rings is 1. The molecule has 7 heteroatoms. The summed E-state index contributed by atoms with van der Waals surface area (Å²) in [5, 5.41) is 9.84. The van der Waals surface area contributed by atoms with Gasteiger partial charge in [0, 0.05) is 12.7 Å². The van der Waals surface area contributed by atoms with Gasteiger partial charge < -0.3 is 19.3 Å². The topological polar surface area (TPSA) is 77.9 Å². The van der Waals surface area contributed by atoms with Crippen molar-refractivity contribution in [3.8, 4) is 22.1 Å². The fourth-order valence-corrected chi connectivity index (χ4v) is 2.96. The number of fused-ring (bicyclic) bond motifs is 1. The van der Waals surface area contributed by atoms with Gasteiger partial charge in [0.2, 0.25) is 0 Å². The van der Waals surface area contributed by atoms with Crippen LogP contribution in [0.2, 0.25) is 0 Å². The van der Waals surface area contributed by atoms with E-state index in [1.54, 1.807) is 0 Å². The van der Waals surface area contributed by atoms with Gasteiger partial charge in [0.15, 0.2) is 11.5 Å². The van der Waals surface area contributed by atoms with Crippen molar-refractivity contribution in [2.45, 2.75) is 6.61 Å². The smallest absolute Gasteiger partial charge is 0.347 e. The quantitative estimate of drug-likeness (QED) is 0.934. The lowest BCUT2D eigenvalue weighted by Gasteiger charge is -2.18. The average molecular weight is 307 g/mol. The molecule has 2 heterocycles. The van der Waals surface area contributed by atoms with Crippen LogP contribution in [-0.2, 0) is 11.3 Å². The van der Waals surface area contributed by atoms with Crippen LogP contribution >= 0.6 is 11.3 Å². The Bertz CT molecular complexity index is 682. The summed E-state index contributed by atoms with van der Waals surface area (Å²) in [5.74, 6) is 0.347. The predicted octanol–water partition coefficient (Wildman–Crippen LogP) is 2.43. The molecule has 6 nitrogen and oxygen atoms in total. The van der Waals surface area contributed by atoms with Gasteiger partial charge in [-0.1, -0.05) is 0 Å². The second-order valence-electron chi connectivity index (χ2n) is 4.39. The molecule has 0 fully saturated rings. The first-order chi connectivity index (χ1) is 10.2. The van der Waals surface area contributed by atoms with E-state index in [0.29, 0.717) is 35.4 Å². The van der Waals surface area contributed by atoms with Crippen LogP contribution in [0.4, 0.5) is 0 Å². The Labute approximate surface area is 124 Å². The largest absolute Gasteiger partial charge is 0.486 e. The minimum atomic E-state index is -0.997. The summed E-state index contributed by atoms with van der Waals surface area (Å²) in [6, 6.07) is 5.46. The Morgan fingerprint density at radius 2 is 2.14 bits per heavy atom. The van der Waals surface area contributed by atoms with Gasteiger partial charge >= 0.3 is 5.97 Å². The molecule has 0 radical (unpaired) electrons. The summed E-state index contributed by atoms with van der Waals surface area (Å²) in [6.07, 6.45) is 0. The number of carboxylic acids is 1. The predicted molar refractivity (Wildman–Crippen MR) is 76.2 cm³/mol. The Morgan fingerprint density at radius 3 is 2.86 bits per heavy atom. The summed E-state index contributed by atoms with van der Waals surface area (Å²) in [5.41, 5.74) is 1.23. The van der Waals surface area contributed by atoms with E-state index in [-0.39, 0.29) is 11.5 Å². The van der Waals surface area contributed by atoms with E-state index in [0.717, 1.165) is 16.9 Å². The van der Waals surface area contributed by atoms with E-state index < -0.39 is 5.97 Å².